The lowest BCUT2D eigenvalue weighted by Gasteiger charge is -2.40. The molecule has 27 heavy (non-hydrogen) atoms. The number of piperazine rings is 1. The maximum Gasteiger partial charge on any atom is 0.230 e. The Hall–Kier alpha value is -2.32. The van der Waals surface area contributed by atoms with Crippen LogP contribution < -0.4 is 5.73 Å². The molecule has 1 fully saturated rings. The average molecular weight is 371 g/mol. The maximum atomic E-state index is 13.0. The number of carbonyl (C=O) groups is 1. The Morgan fingerprint density at radius 3 is 2.37 bits per heavy atom. The number of nitrogens with two attached hydrogens (primary N) is 1. The molecule has 1 aliphatic rings. The first-order valence-electron chi connectivity index (χ1n) is 9.68. The van der Waals surface area contributed by atoms with Gasteiger partial charge in [-0.25, -0.2) is 0 Å². The van der Waals surface area contributed by atoms with Gasteiger partial charge in [-0.15, -0.1) is 5.10 Å². The molecule has 0 radical (unpaired) electrons. The number of hydrogen-bond donors (Lipinski definition) is 1. The predicted molar refractivity (Wildman–Crippen MR) is 103 cm³/mol. The zero-order valence-electron chi connectivity index (χ0n) is 16.2. The van der Waals surface area contributed by atoms with E-state index in [1.807, 2.05) is 49.1 Å². The smallest absolute Gasteiger partial charge is 0.230 e. The summed E-state index contributed by atoms with van der Waals surface area (Å²) < 4.78 is 1.77. The molecule has 0 aliphatic carbocycles. The lowest BCUT2D eigenvalue weighted by atomic mass is 9.81. The second-order valence-electron chi connectivity index (χ2n) is 7.10. The summed E-state index contributed by atoms with van der Waals surface area (Å²) in [5.74, 6) is 1.00. The Balaban J connectivity index is 1.61. The van der Waals surface area contributed by atoms with Crippen molar-refractivity contribution in [2.24, 2.45) is 11.1 Å². The molecule has 8 heteroatoms. The number of rotatable bonds is 7. The highest BCUT2D eigenvalue weighted by atomic mass is 16.2. The molecule has 3 rings (SSSR count). The topological polar surface area (TPSA) is 93.2 Å². The average Bonchev–Trinajstić information content (AvgIpc) is 3.19. The molecule has 1 aromatic heterocycles. The number of para-hydroxylation sites is 1. The lowest BCUT2D eigenvalue weighted by Crippen LogP contribution is -2.54. The van der Waals surface area contributed by atoms with Crippen LogP contribution in [-0.4, -0.2) is 68.6 Å². The molecule has 0 atom stereocenters. The predicted octanol–water partition coefficient (Wildman–Crippen LogP) is 1.07. The minimum atomic E-state index is -0.417. The molecule has 1 aliphatic heterocycles. The van der Waals surface area contributed by atoms with Gasteiger partial charge < -0.3 is 10.6 Å². The van der Waals surface area contributed by atoms with E-state index in [0.717, 1.165) is 37.4 Å². The van der Waals surface area contributed by atoms with Gasteiger partial charge in [-0.2, -0.15) is 4.68 Å². The minimum Gasteiger partial charge on any atom is -0.340 e. The van der Waals surface area contributed by atoms with Gasteiger partial charge in [0.25, 0.3) is 0 Å². The molecule has 1 amide bonds. The van der Waals surface area contributed by atoms with Crippen molar-refractivity contribution in [3.63, 3.8) is 0 Å². The zero-order valence-corrected chi connectivity index (χ0v) is 16.2. The molecule has 146 valence electrons. The van der Waals surface area contributed by atoms with Crippen LogP contribution in [0, 0.1) is 5.41 Å². The van der Waals surface area contributed by atoms with Crippen LogP contribution in [0.3, 0.4) is 0 Å². The number of tetrazole rings is 1. The van der Waals surface area contributed by atoms with Gasteiger partial charge in [0.2, 0.25) is 5.91 Å². The van der Waals surface area contributed by atoms with E-state index in [1.54, 1.807) is 4.68 Å². The van der Waals surface area contributed by atoms with Crippen LogP contribution in [0.25, 0.3) is 5.69 Å². The summed E-state index contributed by atoms with van der Waals surface area (Å²) >= 11 is 0. The molecule has 0 saturated carbocycles. The highest BCUT2D eigenvalue weighted by molar-refractivity contribution is 5.83. The number of amides is 1. The molecule has 2 aromatic rings. The number of aromatic nitrogens is 4. The monoisotopic (exact) mass is 371 g/mol. The van der Waals surface area contributed by atoms with Crippen LogP contribution in [0.15, 0.2) is 30.3 Å². The second kappa shape index (κ2) is 8.58. The summed E-state index contributed by atoms with van der Waals surface area (Å²) in [4.78, 5) is 17.2. The summed E-state index contributed by atoms with van der Waals surface area (Å²) in [6, 6.07) is 9.88. The Morgan fingerprint density at radius 1 is 1.11 bits per heavy atom. The number of nitrogens with zero attached hydrogens (tertiary/aromatic N) is 6. The molecule has 2 N–H and O–H groups in total. The summed E-state index contributed by atoms with van der Waals surface area (Å²) in [6.07, 6.45) is 1.57. The van der Waals surface area contributed by atoms with Crippen molar-refractivity contribution in [3.05, 3.63) is 36.2 Å². The molecular formula is C19H29N7O. The Morgan fingerprint density at radius 2 is 1.78 bits per heavy atom. The third-order valence-corrected chi connectivity index (χ3v) is 5.76. The van der Waals surface area contributed by atoms with Crippen LogP contribution in [0.1, 0.15) is 32.5 Å². The molecule has 8 nitrogen and oxygen atoms in total. The van der Waals surface area contributed by atoms with Gasteiger partial charge in [0, 0.05) is 32.7 Å². The van der Waals surface area contributed by atoms with Crippen LogP contribution in [0.4, 0.5) is 0 Å². The summed E-state index contributed by atoms with van der Waals surface area (Å²) in [7, 11) is 0. The van der Waals surface area contributed by atoms with Crippen molar-refractivity contribution in [1.82, 2.24) is 30.0 Å². The van der Waals surface area contributed by atoms with Crippen LogP contribution in [-0.2, 0) is 11.3 Å². The fraction of sp³-hybridized carbons (Fsp3) is 0.579. The molecular weight excluding hydrogens is 342 g/mol. The largest absolute Gasteiger partial charge is 0.340 e. The zero-order chi connectivity index (χ0) is 19.3. The van der Waals surface area contributed by atoms with Crippen molar-refractivity contribution >= 4 is 5.91 Å². The molecule has 0 unspecified atom stereocenters. The summed E-state index contributed by atoms with van der Waals surface area (Å²) in [5.41, 5.74) is 6.48. The van der Waals surface area contributed by atoms with E-state index >= 15 is 0 Å². The van der Waals surface area contributed by atoms with Crippen molar-refractivity contribution < 1.29 is 4.79 Å². The molecule has 0 bridgehead atoms. The Kier molecular flexibility index (Phi) is 6.18. The first-order valence-corrected chi connectivity index (χ1v) is 9.68. The number of carbonyl (C=O) groups excluding carboxylic acids is 1. The van der Waals surface area contributed by atoms with Gasteiger partial charge in [0.1, 0.15) is 0 Å². The van der Waals surface area contributed by atoms with E-state index in [4.69, 9.17) is 5.73 Å². The standard InChI is InChI=1S/C19H29N7O/c1-3-19(4-2,15-20)18(27)25-12-10-24(11-13-25)14-17-21-22-23-26(17)16-8-6-5-7-9-16/h5-9H,3-4,10-15,20H2,1-2H3. The molecule has 2 heterocycles. The highest BCUT2D eigenvalue weighted by Crippen LogP contribution is 2.28. The van der Waals surface area contributed by atoms with Gasteiger partial charge in [-0.05, 0) is 35.4 Å². The molecule has 1 aromatic carbocycles. The fourth-order valence-corrected chi connectivity index (χ4v) is 3.65. The first kappa shape index (κ1) is 19.4. The van der Waals surface area contributed by atoms with Gasteiger partial charge in [-0.3, -0.25) is 9.69 Å². The van der Waals surface area contributed by atoms with Crippen molar-refractivity contribution in [3.8, 4) is 5.69 Å². The van der Waals surface area contributed by atoms with E-state index in [-0.39, 0.29) is 5.91 Å². The highest BCUT2D eigenvalue weighted by Gasteiger charge is 2.37. The van der Waals surface area contributed by atoms with Gasteiger partial charge >= 0.3 is 0 Å². The second-order valence-corrected chi connectivity index (χ2v) is 7.10. The third-order valence-electron chi connectivity index (χ3n) is 5.76. The van der Waals surface area contributed by atoms with Crippen molar-refractivity contribution in [2.45, 2.75) is 33.2 Å². The minimum absolute atomic E-state index is 0.198. The van der Waals surface area contributed by atoms with Gasteiger partial charge in [-0.1, -0.05) is 32.0 Å². The van der Waals surface area contributed by atoms with Gasteiger partial charge in [0.15, 0.2) is 5.82 Å². The summed E-state index contributed by atoms with van der Waals surface area (Å²) in [6.45, 7) is 8.21. The normalized spacial score (nSPS) is 15.9. The van der Waals surface area contributed by atoms with E-state index < -0.39 is 5.41 Å². The van der Waals surface area contributed by atoms with E-state index in [9.17, 15) is 4.79 Å². The maximum absolute atomic E-state index is 13.0. The van der Waals surface area contributed by atoms with E-state index in [0.29, 0.717) is 26.2 Å². The quantitative estimate of drug-likeness (QED) is 0.783. The van der Waals surface area contributed by atoms with Gasteiger partial charge in [0.05, 0.1) is 17.6 Å². The molecule has 1 saturated heterocycles. The Bertz CT molecular complexity index is 725. The molecule has 0 spiro atoms. The lowest BCUT2D eigenvalue weighted by molar-refractivity contribution is -0.144. The number of benzene rings is 1. The van der Waals surface area contributed by atoms with Crippen LogP contribution in [0.2, 0.25) is 0 Å². The first-order chi connectivity index (χ1) is 13.1. The fourth-order valence-electron chi connectivity index (χ4n) is 3.65. The van der Waals surface area contributed by atoms with Crippen LogP contribution in [0.5, 0.6) is 0 Å². The number of hydrogen-bond acceptors (Lipinski definition) is 6. The van der Waals surface area contributed by atoms with Crippen molar-refractivity contribution in [1.29, 1.82) is 0 Å². The summed E-state index contributed by atoms with van der Waals surface area (Å²) in [5, 5.41) is 12.1. The van der Waals surface area contributed by atoms with Crippen LogP contribution >= 0.6 is 0 Å². The third kappa shape index (κ3) is 4.01. The Labute approximate surface area is 160 Å². The SMILES string of the molecule is CCC(CC)(CN)C(=O)N1CCN(Cc2nnnn2-c2ccccc2)CC1. The van der Waals surface area contributed by atoms with E-state index in [1.165, 1.54) is 0 Å². The van der Waals surface area contributed by atoms with Crippen molar-refractivity contribution in [2.75, 3.05) is 32.7 Å². The van der Waals surface area contributed by atoms with E-state index in [2.05, 4.69) is 20.4 Å².